The lowest BCUT2D eigenvalue weighted by Gasteiger charge is -2.24. The Morgan fingerprint density at radius 2 is 2.06 bits per heavy atom. The average Bonchev–Trinajstić information content (AvgIpc) is 3.39. The van der Waals surface area contributed by atoms with Gasteiger partial charge in [0.25, 0.3) is 0 Å². The molecular weight excluding hydrogens is 504 g/mol. The van der Waals surface area contributed by atoms with Gasteiger partial charge in [-0.2, -0.15) is 0 Å². The number of aliphatic hydroxyl groups excluding tert-OH is 1. The maximum Gasteiger partial charge on any atom is 0.164 e. The molecule has 11 heteroatoms. The van der Waals surface area contributed by atoms with E-state index in [1.54, 1.807) is 10.8 Å². The lowest BCUT2D eigenvalue weighted by molar-refractivity contribution is -0.0891. The van der Waals surface area contributed by atoms with Crippen LogP contribution in [0.4, 0.5) is 11.6 Å². The molecule has 0 radical (unpaired) electrons. The van der Waals surface area contributed by atoms with E-state index in [1.807, 2.05) is 31.2 Å². The van der Waals surface area contributed by atoms with Crippen LogP contribution in [0.2, 0.25) is 0 Å². The first kappa shape index (κ1) is 21.7. The summed E-state index contributed by atoms with van der Waals surface area (Å²) in [7, 11) is 0. The molecule has 6 rings (SSSR count). The third-order valence-electron chi connectivity index (χ3n) is 6.83. The zero-order chi connectivity index (χ0) is 23.8. The maximum absolute atomic E-state index is 11.3. The van der Waals surface area contributed by atoms with Gasteiger partial charge in [0.05, 0.1) is 28.1 Å². The zero-order valence-electron chi connectivity index (χ0n) is 18.2. The summed E-state index contributed by atoms with van der Waals surface area (Å²) in [6, 6.07) is 7.82. The van der Waals surface area contributed by atoms with Crippen LogP contribution in [-0.2, 0) is 15.9 Å². The summed E-state index contributed by atoms with van der Waals surface area (Å²) in [6.07, 6.45) is 0.393. The molecule has 0 unspecified atom stereocenters. The molecule has 1 aromatic carbocycles. The van der Waals surface area contributed by atoms with Gasteiger partial charge in [-0.1, -0.05) is 12.1 Å². The highest BCUT2D eigenvalue weighted by Gasteiger charge is 2.63. The van der Waals surface area contributed by atoms with Gasteiger partial charge in [0, 0.05) is 18.0 Å². The van der Waals surface area contributed by atoms with E-state index in [9.17, 15) is 10.2 Å². The second-order valence-electron chi connectivity index (χ2n) is 9.00. The molecule has 0 saturated carbocycles. The van der Waals surface area contributed by atoms with Crippen molar-refractivity contribution in [2.24, 2.45) is 0 Å². The Labute approximate surface area is 202 Å². The predicted molar refractivity (Wildman–Crippen MR) is 129 cm³/mol. The topological polar surface area (TPSA) is 155 Å². The smallest absolute Gasteiger partial charge is 0.164 e. The molecule has 6 N–H and O–H groups in total. The van der Waals surface area contributed by atoms with Crippen molar-refractivity contribution < 1.29 is 19.7 Å². The SMILES string of the molecule is Cc1cn([C@@H]2O[C@@H]3[C@H](Cc4ccc5cc(Br)c(N)nc5c4)OC[C@]3(O)[C@H]2O)c2ncnc(N)c12. The molecule has 0 spiro atoms. The van der Waals surface area contributed by atoms with Crippen LogP contribution in [0.3, 0.4) is 0 Å². The number of nitrogens with two attached hydrogens (primary N) is 2. The van der Waals surface area contributed by atoms with Crippen molar-refractivity contribution in [1.82, 2.24) is 19.5 Å². The number of aliphatic hydroxyl groups is 2. The van der Waals surface area contributed by atoms with Crippen LogP contribution in [-0.4, -0.2) is 60.3 Å². The van der Waals surface area contributed by atoms with Crippen molar-refractivity contribution in [2.45, 2.75) is 43.5 Å². The van der Waals surface area contributed by atoms with Crippen LogP contribution in [0.1, 0.15) is 17.4 Å². The first-order valence-corrected chi connectivity index (χ1v) is 11.7. The normalized spacial score (nSPS) is 28.7. The third-order valence-corrected chi connectivity index (χ3v) is 7.46. The quantitative estimate of drug-likeness (QED) is 0.313. The third kappa shape index (κ3) is 3.12. The molecule has 176 valence electrons. The molecule has 2 aliphatic heterocycles. The summed E-state index contributed by atoms with van der Waals surface area (Å²) in [5.41, 5.74) is 13.5. The minimum atomic E-state index is -1.55. The van der Waals surface area contributed by atoms with Gasteiger partial charge in [0.2, 0.25) is 0 Å². The number of hydrogen-bond donors (Lipinski definition) is 4. The highest BCUT2D eigenvalue weighted by atomic mass is 79.9. The van der Waals surface area contributed by atoms with Gasteiger partial charge in [-0.25, -0.2) is 15.0 Å². The highest BCUT2D eigenvalue weighted by Crippen LogP contribution is 2.45. The number of anilines is 2. The van der Waals surface area contributed by atoms with E-state index in [1.165, 1.54) is 6.33 Å². The standard InChI is InChI=1S/C23H23BrN6O4/c1-10-7-30(21-16(10)20(26)27-9-28-21)22-17(31)23(32)8-33-15(18(23)34-22)5-11-2-3-12-6-13(24)19(25)29-14(12)4-11/h2-4,6-7,9,15,17-18,22,31-32H,5,8H2,1H3,(H2,25,29)(H2,26,27,28)/t15-,17-,18+,22+,23-/m0/s1. The first-order valence-electron chi connectivity index (χ1n) is 10.9. The number of hydrogen-bond acceptors (Lipinski definition) is 9. The number of pyridine rings is 1. The number of ether oxygens (including phenoxy) is 2. The molecule has 2 saturated heterocycles. The van der Waals surface area contributed by atoms with Crippen LogP contribution >= 0.6 is 15.9 Å². The number of aryl methyl sites for hydroxylation is 1. The predicted octanol–water partition coefficient (Wildman–Crippen LogP) is 1.85. The van der Waals surface area contributed by atoms with Gasteiger partial charge >= 0.3 is 0 Å². The number of halogens is 1. The Hall–Kier alpha value is -2.83. The molecule has 2 aliphatic rings. The highest BCUT2D eigenvalue weighted by molar-refractivity contribution is 9.10. The lowest BCUT2D eigenvalue weighted by Crippen LogP contribution is -2.48. The van der Waals surface area contributed by atoms with Crippen LogP contribution < -0.4 is 11.5 Å². The van der Waals surface area contributed by atoms with Crippen molar-refractivity contribution >= 4 is 49.5 Å². The number of nitrogen functional groups attached to an aromatic ring is 2. The molecule has 0 amide bonds. The molecule has 2 fully saturated rings. The molecule has 34 heavy (non-hydrogen) atoms. The minimum Gasteiger partial charge on any atom is -0.385 e. The van der Waals surface area contributed by atoms with Gasteiger partial charge in [-0.15, -0.1) is 0 Å². The fraction of sp³-hybridized carbons (Fsp3) is 0.348. The monoisotopic (exact) mass is 526 g/mol. The summed E-state index contributed by atoms with van der Waals surface area (Å²) in [5.74, 6) is 0.770. The second-order valence-corrected chi connectivity index (χ2v) is 9.85. The molecule has 0 aliphatic carbocycles. The van der Waals surface area contributed by atoms with Crippen LogP contribution in [0.5, 0.6) is 0 Å². The van der Waals surface area contributed by atoms with E-state index in [0.717, 1.165) is 26.5 Å². The zero-order valence-corrected chi connectivity index (χ0v) is 19.8. The molecule has 3 aromatic heterocycles. The molecule has 5 heterocycles. The Kier molecular flexibility index (Phi) is 4.84. The summed E-state index contributed by atoms with van der Waals surface area (Å²) >= 11 is 3.40. The van der Waals surface area contributed by atoms with Gasteiger partial charge in [-0.05, 0) is 46.1 Å². The number of nitrogens with zero attached hydrogens (tertiary/aromatic N) is 4. The Balaban J connectivity index is 1.31. The van der Waals surface area contributed by atoms with E-state index < -0.39 is 30.1 Å². The van der Waals surface area contributed by atoms with Crippen molar-refractivity contribution in [2.75, 3.05) is 18.1 Å². The molecule has 5 atom stereocenters. The van der Waals surface area contributed by atoms with E-state index in [0.29, 0.717) is 29.1 Å². The van der Waals surface area contributed by atoms with Crippen molar-refractivity contribution in [3.05, 3.63) is 52.4 Å². The summed E-state index contributed by atoms with van der Waals surface area (Å²) < 4.78 is 14.6. The summed E-state index contributed by atoms with van der Waals surface area (Å²) in [5, 5.41) is 24.1. The fourth-order valence-corrected chi connectivity index (χ4v) is 5.43. The minimum absolute atomic E-state index is 0.0406. The summed E-state index contributed by atoms with van der Waals surface area (Å²) in [4.78, 5) is 12.8. The Morgan fingerprint density at radius 1 is 1.24 bits per heavy atom. The van der Waals surface area contributed by atoms with Crippen LogP contribution in [0, 0.1) is 6.92 Å². The molecular formula is C23H23BrN6O4. The van der Waals surface area contributed by atoms with E-state index in [-0.39, 0.29) is 6.61 Å². The number of rotatable bonds is 3. The van der Waals surface area contributed by atoms with Gasteiger partial charge in [0.15, 0.2) is 6.23 Å². The van der Waals surface area contributed by atoms with E-state index >= 15 is 0 Å². The lowest BCUT2D eigenvalue weighted by atomic mass is 9.90. The Bertz CT molecular complexity index is 1440. The van der Waals surface area contributed by atoms with Gasteiger partial charge in [-0.3, -0.25) is 0 Å². The van der Waals surface area contributed by atoms with Crippen molar-refractivity contribution in [1.29, 1.82) is 0 Å². The van der Waals surface area contributed by atoms with E-state index in [2.05, 4.69) is 30.9 Å². The second kappa shape index (κ2) is 7.59. The average molecular weight is 527 g/mol. The largest absolute Gasteiger partial charge is 0.385 e. The molecule has 0 bridgehead atoms. The number of benzene rings is 1. The summed E-state index contributed by atoms with van der Waals surface area (Å²) in [6.45, 7) is 1.85. The first-order chi connectivity index (χ1) is 16.3. The molecule has 10 nitrogen and oxygen atoms in total. The molecule has 4 aromatic rings. The van der Waals surface area contributed by atoms with E-state index in [4.69, 9.17) is 20.9 Å². The van der Waals surface area contributed by atoms with Gasteiger partial charge < -0.3 is 35.7 Å². The van der Waals surface area contributed by atoms with Crippen LogP contribution in [0.15, 0.2) is 41.3 Å². The Morgan fingerprint density at radius 3 is 2.88 bits per heavy atom. The van der Waals surface area contributed by atoms with Crippen molar-refractivity contribution in [3.8, 4) is 0 Å². The number of fused-ring (bicyclic) bond motifs is 3. The van der Waals surface area contributed by atoms with Gasteiger partial charge in [0.1, 0.15) is 41.4 Å². The maximum atomic E-state index is 11.3. The van der Waals surface area contributed by atoms with Crippen molar-refractivity contribution in [3.63, 3.8) is 0 Å². The fourth-order valence-electron chi connectivity index (χ4n) is 5.10. The van der Waals surface area contributed by atoms with Crippen LogP contribution in [0.25, 0.3) is 21.9 Å². The number of aromatic nitrogens is 4.